The lowest BCUT2D eigenvalue weighted by atomic mass is 9.89. The fraction of sp³-hybridized carbons (Fsp3) is 0.368. The maximum atomic E-state index is 6.29. The third-order valence-corrected chi connectivity index (χ3v) is 4.70. The summed E-state index contributed by atoms with van der Waals surface area (Å²) in [5, 5.41) is 0.768. The molecule has 0 aromatic heterocycles. The molecule has 1 aliphatic heterocycles. The summed E-state index contributed by atoms with van der Waals surface area (Å²) in [5.74, 6) is 1.46. The largest absolute Gasteiger partial charge is 0.497 e. The minimum Gasteiger partial charge on any atom is -0.497 e. The number of hydrogen-bond donors (Lipinski definition) is 1. The van der Waals surface area contributed by atoms with E-state index in [9.17, 15) is 0 Å². The van der Waals surface area contributed by atoms with E-state index in [0.29, 0.717) is 5.92 Å². The minimum absolute atomic E-state index is 0.211. The lowest BCUT2D eigenvalue weighted by molar-refractivity contribution is 0.374. The topological polar surface area (TPSA) is 38.5 Å². The molecule has 0 spiro atoms. The highest BCUT2D eigenvalue weighted by Gasteiger charge is 2.25. The van der Waals surface area contributed by atoms with Gasteiger partial charge in [-0.3, -0.25) is 0 Å². The molecule has 0 amide bonds. The van der Waals surface area contributed by atoms with E-state index in [0.717, 1.165) is 36.7 Å². The summed E-state index contributed by atoms with van der Waals surface area (Å²) in [6.45, 7) is 1.93. The third kappa shape index (κ3) is 4.18. The zero-order chi connectivity index (χ0) is 16.2. The molecule has 1 saturated heterocycles. The van der Waals surface area contributed by atoms with Gasteiger partial charge in [0.2, 0.25) is 0 Å². The summed E-state index contributed by atoms with van der Waals surface area (Å²) < 4.78 is 5.22. The number of nitrogens with zero attached hydrogens (tertiary/aromatic N) is 1. The normalized spacial score (nSPS) is 21.3. The van der Waals surface area contributed by atoms with Crippen molar-refractivity contribution >= 4 is 17.3 Å². The molecule has 3 nitrogen and oxygen atoms in total. The van der Waals surface area contributed by atoms with Crippen molar-refractivity contribution < 1.29 is 4.74 Å². The number of hydrogen-bond acceptors (Lipinski definition) is 3. The summed E-state index contributed by atoms with van der Waals surface area (Å²) in [5.41, 5.74) is 8.83. The molecule has 2 aromatic carbocycles. The standard InChI is InChI=1S/C19H23ClN2O/c1-23-19-8-2-14(3-9-19)10-15-11-17(21)13-22(12-15)18-6-4-16(20)5-7-18/h2-9,15,17H,10-13,21H2,1H3. The average Bonchev–Trinajstić information content (AvgIpc) is 2.56. The average molecular weight is 331 g/mol. The first-order chi connectivity index (χ1) is 11.1. The first-order valence-corrected chi connectivity index (χ1v) is 8.41. The molecule has 23 heavy (non-hydrogen) atoms. The van der Waals surface area contributed by atoms with Crippen molar-refractivity contribution in [3.8, 4) is 5.75 Å². The Balaban J connectivity index is 1.68. The van der Waals surface area contributed by atoms with Crippen molar-refractivity contribution in [3.05, 3.63) is 59.1 Å². The zero-order valence-corrected chi connectivity index (χ0v) is 14.2. The van der Waals surface area contributed by atoms with Gasteiger partial charge in [0, 0.05) is 29.8 Å². The van der Waals surface area contributed by atoms with E-state index >= 15 is 0 Å². The molecule has 2 unspecified atom stereocenters. The monoisotopic (exact) mass is 330 g/mol. The minimum atomic E-state index is 0.211. The van der Waals surface area contributed by atoms with Crippen LogP contribution in [-0.2, 0) is 6.42 Å². The van der Waals surface area contributed by atoms with Crippen LogP contribution in [0.5, 0.6) is 5.75 Å². The van der Waals surface area contributed by atoms with Crippen LogP contribution < -0.4 is 15.4 Å². The van der Waals surface area contributed by atoms with Gasteiger partial charge in [0.05, 0.1) is 7.11 Å². The van der Waals surface area contributed by atoms with E-state index in [2.05, 4.69) is 29.2 Å². The fourth-order valence-corrected chi connectivity index (χ4v) is 3.48. The number of nitrogens with two attached hydrogens (primary N) is 1. The molecule has 1 aliphatic rings. The van der Waals surface area contributed by atoms with Gasteiger partial charge in [-0.1, -0.05) is 23.7 Å². The second-order valence-electron chi connectivity index (χ2n) is 6.30. The Morgan fingerprint density at radius 3 is 2.43 bits per heavy atom. The van der Waals surface area contributed by atoms with Crippen molar-refractivity contribution in [2.45, 2.75) is 18.9 Å². The van der Waals surface area contributed by atoms with Crippen LogP contribution in [-0.4, -0.2) is 26.2 Å². The Morgan fingerprint density at radius 1 is 1.09 bits per heavy atom. The number of anilines is 1. The van der Waals surface area contributed by atoms with Crippen LogP contribution in [0.1, 0.15) is 12.0 Å². The Bertz CT molecular complexity index is 627. The van der Waals surface area contributed by atoms with E-state index in [1.807, 2.05) is 24.3 Å². The molecule has 2 atom stereocenters. The van der Waals surface area contributed by atoms with Crippen molar-refractivity contribution in [2.24, 2.45) is 11.7 Å². The van der Waals surface area contributed by atoms with Gasteiger partial charge in [0.1, 0.15) is 5.75 Å². The fourth-order valence-electron chi connectivity index (χ4n) is 3.35. The van der Waals surface area contributed by atoms with E-state index in [1.54, 1.807) is 7.11 Å². The van der Waals surface area contributed by atoms with Crippen LogP contribution in [0.4, 0.5) is 5.69 Å². The first kappa shape index (κ1) is 16.2. The van der Waals surface area contributed by atoms with E-state index in [-0.39, 0.29) is 6.04 Å². The highest BCUT2D eigenvalue weighted by atomic mass is 35.5. The number of ether oxygens (including phenoxy) is 1. The summed E-state index contributed by atoms with van der Waals surface area (Å²) in [6.07, 6.45) is 2.11. The SMILES string of the molecule is COc1ccc(CC2CC(N)CN(c3ccc(Cl)cc3)C2)cc1. The van der Waals surface area contributed by atoms with Crippen LogP contribution in [0.2, 0.25) is 5.02 Å². The molecular weight excluding hydrogens is 308 g/mol. The lowest BCUT2D eigenvalue weighted by Crippen LogP contribution is -2.47. The predicted octanol–water partition coefficient (Wildman–Crippen LogP) is 3.74. The van der Waals surface area contributed by atoms with E-state index < -0.39 is 0 Å². The van der Waals surface area contributed by atoms with Crippen LogP contribution >= 0.6 is 11.6 Å². The molecule has 2 aromatic rings. The number of rotatable bonds is 4. The van der Waals surface area contributed by atoms with Crippen molar-refractivity contribution in [1.82, 2.24) is 0 Å². The molecular formula is C19H23ClN2O. The lowest BCUT2D eigenvalue weighted by Gasteiger charge is -2.38. The van der Waals surface area contributed by atoms with Gasteiger partial charge in [0.15, 0.2) is 0 Å². The molecule has 2 N–H and O–H groups in total. The first-order valence-electron chi connectivity index (χ1n) is 8.03. The molecule has 122 valence electrons. The molecule has 1 fully saturated rings. The Kier molecular flexibility index (Phi) is 5.09. The van der Waals surface area contributed by atoms with Gasteiger partial charge in [-0.05, 0) is 60.7 Å². The second kappa shape index (κ2) is 7.24. The van der Waals surface area contributed by atoms with Crippen LogP contribution in [0.15, 0.2) is 48.5 Å². The third-order valence-electron chi connectivity index (χ3n) is 4.44. The zero-order valence-electron chi connectivity index (χ0n) is 13.4. The van der Waals surface area contributed by atoms with Crippen molar-refractivity contribution in [1.29, 1.82) is 0 Å². The molecule has 0 bridgehead atoms. The molecule has 0 radical (unpaired) electrons. The molecule has 4 heteroatoms. The summed E-state index contributed by atoms with van der Waals surface area (Å²) in [7, 11) is 1.69. The molecule has 0 aliphatic carbocycles. The number of halogens is 1. The highest BCUT2D eigenvalue weighted by molar-refractivity contribution is 6.30. The Hall–Kier alpha value is -1.71. The molecule has 3 rings (SSSR count). The van der Waals surface area contributed by atoms with E-state index in [4.69, 9.17) is 22.1 Å². The Labute approximate surface area is 143 Å². The quantitative estimate of drug-likeness (QED) is 0.928. The van der Waals surface area contributed by atoms with Crippen LogP contribution in [0, 0.1) is 5.92 Å². The van der Waals surface area contributed by atoms with Crippen molar-refractivity contribution in [3.63, 3.8) is 0 Å². The van der Waals surface area contributed by atoms with Crippen LogP contribution in [0.25, 0.3) is 0 Å². The van der Waals surface area contributed by atoms with E-state index in [1.165, 1.54) is 11.3 Å². The smallest absolute Gasteiger partial charge is 0.118 e. The maximum Gasteiger partial charge on any atom is 0.118 e. The van der Waals surface area contributed by atoms with Crippen molar-refractivity contribution in [2.75, 3.05) is 25.1 Å². The Morgan fingerprint density at radius 2 is 1.78 bits per heavy atom. The molecule has 0 saturated carbocycles. The number of methoxy groups -OCH3 is 1. The van der Waals surface area contributed by atoms with Gasteiger partial charge >= 0.3 is 0 Å². The van der Waals surface area contributed by atoms with Gasteiger partial charge in [-0.2, -0.15) is 0 Å². The highest BCUT2D eigenvalue weighted by Crippen LogP contribution is 2.26. The molecule has 1 heterocycles. The van der Waals surface area contributed by atoms with Gasteiger partial charge in [0.25, 0.3) is 0 Å². The van der Waals surface area contributed by atoms with Gasteiger partial charge in [-0.25, -0.2) is 0 Å². The summed E-state index contributed by atoms with van der Waals surface area (Å²) in [6, 6.07) is 16.6. The summed E-state index contributed by atoms with van der Waals surface area (Å²) in [4.78, 5) is 2.37. The van der Waals surface area contributed by atoms with Crippen LogP contribution in [0.3, 0.4) is 0 Å². The van der Waals surface area contributed by atoms with Gasteiger partial charge in [-0.15, -0.1) is 0 Å². The number of piperidine rings is 1. The second-order valence-corrected chi connectivity index (χ2v) is 6.73. The predicted molar refractivity (Wildman–Crippen MR) is 96.4 cm³/mol. The maximum absolute atomic E-state index is 6.29. The van der Waals surface area contributed by atoms with Gasteiger partial charge < -0.3 is 15.4 Å². The summed E-state index contributed by atoms with van der Waals surface area (Å²) >= 11 is 5.99. The number of benzene rings is 2.